The molecule has 5 aliphatic rings. The molecule has 2 spiro atoms. The Hall–Kier alpha value is -1.24. The Labute approximate surface area is 152 Å². The van der Waals surface area contributed by atoms with E-state index in [-0.39, 0.29) is 24.2 Å². The lowest BCUT2D eigenvalue weighted by molar-refractivity contribution is -0.253. The predicted octanol–water partition coefficient (Wildman–Crippen LogP) is 1.20. The maximum atomic E-state index is 13.2. The molecule has 6 nitrogen and oxygen atoms in total. The Morgan fingerprint density at radius 1 is 1.19 bits per heavy atom. The fourth-order valence-electron chi connectivity index (χ4n) is 7.21. The topological polar surface area (TPSA) is 93.1 Å². The minimum Gasteiger partial charge on any atom is -0.461 e. The lowest BCUT2D eigenvalue weighted by atomic mass is 9.43. The normalized spacial score (nSPS) is 54.4. The molecule has 0 unspecified atom stereocenters. The molecule has 0 aromatic carbocycles. The van der Waals surface area contributed by atoms with E-state index in [1.807, 2.05) is 13.8 Å². The van der Waals surface area contributed by atoms with Crippen molar-refractivity contribution in [1.29, 1.82) is 0 Å². The van der Waals surface area contributed by atoms with E-state index in [0.29, 0.717) is 18.4 Å². The monoisotopic (exact) mass is 362 g/mol. The summed E-state index contributed by atoms with van der Waals surface area (Å²) in [5.41, 5.74) is -1.88. The number of carbonyl (C=O) groups excluding carboxylic acids is 2. The van der Waals surface area contributed by atoms with Gasteiger partial charge in [-0.05, 0) is 42.1 Å². The van der Waals surface area contributed by atoms with Gasteiger partial charge in [-0.2, -0.15) is 0 Å². The summed E-state index contributed by atoms with van der Waals surface area (Å²) >= 11 is 0. The van der Waals surface area contributed by atoms with Crippen molar-refractivity contribution < 1.29 is 29.3 Å². The minimum absolute atomic E-state index is 0.0483. The average Bonchev–Trinajstić information content (AvgIpc) is 3.03. The van der Waals surface area contributed by atoms with E-state index < -0.39 is 46.6 Å². The molecule has 26 heavy (non-hydrogen) atoms. The van der Waals surface area contributed by atoms with Crippen LogP contribution in [-0.2, 0) is 19.1 Å². The van der Waals surface area contributed by atoms with Gasteiger partial charge in [0.1, 0.15) is 11.5 Å². The van der Waals surface area contributed by atoms with Gasteiger partial charge in [-0.15, -0.1) is 0 Å². The largest absolute Gasteiger partial charge is 0.461 e. The first-order valence-electron chi connectivity index (χ1n) is 9.59. The Balaban J connectivity index is 1.72. The van der Waals surface area contributed by atoms with Crippen molar-refractivity contribution in [3.63, 3.8) is 0 Å². The quantitative estimate of drug-likeness (QED) is 0.382. The molecule has 2 N–H and O–H groups in total. The third kappa shape index (κ3) is 1.57. The van der Waals surface area contributed by atoms with Crippen LogP contribution in [0.4, 0.5) is 0 Å². The van der Waals surface area contributed by atoms with Crippen LogP contribution in [0.15, 0.2) is 12.2 Å². The first-order chi connectivity index (χ1) is 12.2. The van der Waals surface area contributed by atoms with Gasteiger partial charge in [0.15, 0.2) is 12.1 Å². The standard InChI is InChI=1S/C20H26O6/c1-9-10-4-5-11-19(7-10,15(9)22)17(24)26-13-6-12(21)18(2,3)14-16(23)25-8-20(11,13)14/h10-14,16,21,23H,1,4-8H2,2-3H3/t10-,11-,12+,13+,14-,16-,19+,20-/m0/s1. The summed E-state index contributed by atoms with van der Waals surface area (Å²) in [5, 5.41) is 21.4. The highest BCUT2D eigenvalue weighted by Gasteiger charge is 2.78. The van der Waals surface area contributed by atoms with Crippen LogP contribution in [0.2, 0.25) is 0 Å². The van der Waals surface area contributed by atoms with Gasteiger partial charge >= 0.3 is 5.97 Å². The second-order valence-corrected chi connectivity index (χ2v) is 9.62. The van der Waals surface area contributed by atoms with E-state index >= 15 is 0 Å². The van der Waals surface area contributed by atoms with E-state index in [0.717, 1.165) is 12.8 Å². The molecule has 5 fully saturated rings. The van der Waals surface area contributed by atoms with Gasteiger partial charge in [-0.3, -0.25) is 9.59 Å². The second-order valence-electron chi connectivity index (χ2n) is 9.62. The highest BCUT2D eigenvalue weighted by Crippen LogP contribution is 2.71. The number of hydrogen-bond donors (Lipinski definition) is 2. The molecule has 3 aliphatic carbocycles. The lowest BCUT2D eigenvalue weighted by Crippen LogP contribution is -2.70. The summed E-state index contributed by atoms with van der Waals surface area (Å²) in [5.74, 6) is -1.22. The molecule has 0 radical (unpaired) electrons. The van der Waals surface area contributed by atoms with E-state index in [1.165, 1.54) is 0 Å². The number of allylic oxidation sites excluding steroid dienone is 1. The van der Waals surface area contributed by atoms with Crippen molar-refractivity contribution in [1.82, 2.24) is 0 Å². The van der Waals surface area contributed by atoms with E-state index in [9.17, 15) is 19.8 Å². The van der Waals surface area contributed by atoms with E-state index in [1.54, 1.807) is 0 Å². The van der Waals surface area contributed by atoms with Crippen LogP contribution in [0, 0.1) is 34.0 Å². The summed E-state index contributed by atoms with van der Waals surface area (Å²) < 4.78 is 11.6. The fraction of sp³-hybridized carbons (Fsp3) is 0.800. The third-order valence-corrected chi connectivity index (χ3v) is 8.48. The summed E-state index contributed by atoms with van der Waals surface area (Å²) in [6.45, 7) is 8.08. The summed E-state index contributed by atoms with van der Waals surface area (Å²) in [6.07, 6.45) is 0.0482. The number of rotatable bonds is 0. The van der Waals surface area contributed by atoms with Gasteiger partial charge in [0.25, 0.3) is 0 Å². The molecule has 0 aromatic heterocycles. The molecule has 5 rings (SSSR count). The number of fused-ring (bicyclic) bond motifs is 1. The van der Waals surface area contributed by atoms with Crippen molar-refractivity contribution >= 4 is 11.8 Å². The molecule has 2 heterocycles. The molecule has 0 amide bonds. The highest BCUT2D eigenvalue weighted by molar-refractivity contribution is 6.15. The van der Waals surface area contributed by atoms with Crippen LogP contribution in [0.1, 0.15) is 39.5 Å². The number of ketones is 1. The highest BCUT2D eigenvalue weighted by atomic mass is 16.6. The summed E-state index contributed by atoms with van der Waals surface area (Å²) in [6, 6.07) is 0. The molecule has 2 saturated heterocycles. The average molecular weight is 362 g/mol. The Morgan fingerprint density at radius 2 is 1.92 bits per heavy atom. The Bertz CT molecular complexity index is 728. The van der Waals surface area contributed by atoms with Crippen LogP contribution in [0.3, 0.4) is 0 Å². The zero-order valence-electron chi connectivity index (χ0n) is 15.2. The maximum absolute atomic E-state index is 13.2. The lowest BCUT2D eigenvalue weighted by Gasteiger charge is -2.62. The Morgan fingerprint density at radius 3 is 2.65 bits per heavy atom. The Kier molecular flexibility index (Phi) is 3.10. The SMILES string of the molecule is C=C1C(=O)[C@@]23C[C@@H]1CC[C@@H]2[C@]12CO[C@H](O)[C@H]1C(C)(C)[C@H](O)C[C@H]2OC3=O. The number of Topliss-reactive ketones (excluding diaryl/α,β-unsaturated/α-hetero) is 1. The van der Waals surface area contributed by atoms with Crippen molar-refractivity contribution in [2.24, 2.45) is 34.0 Å². The molecule has 8 atom stereocenters. The molecule has 3 saturated carbocycles. The number of ether oxygens (including phenoxy) is 2. The molecule has 142 valence electrons. The minimum atomic E-state index is -1.18. The second kappa shape index (κ2) is 4.78. The zero-order valence-corrected chi connectivity index (χ0v) is 15.2. The van der Waals surface area contributed by atoms with Crippen molar-refractivity contribution in [3.8, 4) is 0 Å². The van der Waals surface area contributed by atoms with Gasteiger partial charge in [0.2, 0.25) is 0 Å². The summed E-state index contributed by atoms with van der Waals surface area (Å²) in [4.78, 5) is 26.3. The molecule has 2 bridgehead atoms. The number of carbonyl (C=O) groups is 2. The first kappa shape index (κ1) is 16.9. The van der Waals surface area contributed by atoms with Crippen LogP contribution in [-0.4, -0.2) is 47.1 Å². The van der Waals surface area contributed by atoms with Crippen LogP contribution in [0.5, 0.6) is 0 Å². The number of esters is 1. The first-order valence-corrected chi connectivity index (χ1v) is 9.59. The zero-order chi connectivity index (χ0) is 18.6. The van der Waals surface area contributed by atoms with Gasteiger partial charge < -0.3 is 19.7 Å². The number of aliphatic hydroxyl groups excluding tert-OH is 2. The summed E-state index contributed by atoms with van der Waals surface area (Å²) in [7, 11) is 0. The van der Waals surface area contributed by atoms with Gasteiger partial charge in [-0.25, -0.2) is 0 Å². The predicted molar refractivity (Wildman–Crippen MR) is 89.6 cm³/mol. The van der Waals surface area contributed by atoms with Crippen molar-refractivity contribution in [2.45, 2.75) is 58.0 Å². The van der Waals surface area contributed by atoms with Crippen molar-refractivity contribution in [3.05, 3.63) is 12.2 Å². The van der Waals surface area contributed by atoms with Gasteiger partial charge in [-0.1, -0.05) is 20.4 Å². The molecule has 2 aliphatic heterocycles. The molecule has 0 aromatic rings. The van der Waals surface area contributed by atoms with E-state index in [2.05, 4.69) is 6.58 Å². The van der Waals surface area contributed by atoms with Crippen LogP contribution < -0.4 is 0 Å². The number of aliphatic hydroxyl groups is 2. The van der Waals surface area contributed by atoms with Crippen LogP contribution in [0.25, 0.3) is 0 Å². The van der Waals surface area contributed by atoms with Gasteiger partial charge in [0, 0.05) is 17.8 Å². The molecule has 6 heteroatoms. The van der Waals surface area contributed by atoms with E-state index in [4.69, 9.17) is 9.47 Å². The number of hydrogen-bond acceptors (Lipinski definition) is 6. The maximum Gasteiger partial charge on any atom is 0.320 e. The van der Waals surface area contributed by atoms with Crippen molar-refractivity contribution in [2.75, 3.05) is 6.61 Å². The third-order valence-electron chi connectivity index (χ3n) is 8.48. The molecular formula is C20H26O6. The van der Waals surface area contributed by atoms with Gasteiger partial charge in [0.05, 0.1) is 12.7 Å². The smallest absolute Gasteiger partial charge is 0.320 e. The molecular weight excluding hydrogens is 336 g/mol. The fourth-order valence-corrected chi connectivity index (χ4v) is 7.21. The van der Waals surface area contributed by atoms with Crippen LogP contribution >= 0.6 is 0 Å².